The van der Waals surface area contributed by atoms with E-state index in [9.17, 15) is 9.59 Å². The lowest BCUT2D eigenvalue weighted by atomic mass is 10.1. The lowest BCUT2D eigenvalue weighted by Crippen LogP contribution is -2.11. The Morgan fingerprint density at radius 2 is 1.74 bits per heavy atom. The topological polar surface area (TPSA) is 68.5 Å². The summed E-state index contributed by atoms with van der Waals surface area (Å²) in [4.78, 5) is 24.2. The Labute approximate surface area is 155 Å². The highest BCUT2D eigenvalue weighted by molar-refractivity contribution is 6.10. The maximum atomic E-state index is 12.5. The summed E-state index contributed by atoms with van der Waals surface area (Å²) in [6.45, 7) is 2.07. The van der Waals surface area contributed by atoms with Crippen LogP contribution in [0.1, 0.15) is 27.8 Å². The number of fused-ring (bicyclic) bond motifs is 3. The summed E-state index contributed by atoms with van der Waals surface area (Å²) in [5, 5.41) is 5.81. The number of carbonyl (C=O) groups excluding carboxylic acids is 2. The first-order chi connectivity index (χ1) is 13.2. The molecule has 1 heterocycles. The van der Waals surface area contributed by atoms with Crippen molar-refractivity contribution in [2.24, 2.45) is 0 Å². The van der Waals surface area contributed by atoms with Crippen LogP contribution in [0.3, 0.4) is 0 Å². The van der Waals surface area contributed by atoms with Crippen molar-refractivity contribution >= 4 is 39.3 Å². The minimum Gasteiger partial charge on any atom is -0.462 e. The average Bonchev–Trinajstić information content (AvgIpc) is 3.14. The van der Waals surface area contributed by atoms with E-state index in [2.05, 4.69) is 5.32 Å². The first kappa shape index (κ1) is 16.8. The van der Waals surface area contributed by atoms with Crippen LogP contribution in [0.4, 0.5) is 5.69 Å². The van der Waals surface area contributed by atoms with Crippen molar-refractivity contribution in [1.82, 2.24) is 0 Å². The Morgan fingerprint density at radius 1 is 0.963 bits per heavy atom. The fourth-order valence-corrected chi connectivity index (χ4v) is 3.00. The number of esters is 1. The molecule has 5 nitrogen and oxygen atoms in total. The molecular weight excluding hydrogens is 342 g/mol. The number of furan rings is 1. The molecule has 4 rings (SSSR count). The molecule has 0 aliphatic heterocycles. The third-order valence-electron chi connectivity index (χ3n) is 4.30. The Kier molecular flexibility index (Phi) is 4.34. The molecule has 1 N–H and O–H groups in total. The van der Waals surface area contributed by atoms with E-state index in [1.165, 1.54) is 0 Å². The summed E-state index contributed by atoms with van der Waals surface area (Å²) in [6.07, 6.45) is 0. The number of carbonyl (C=O) groups is 2. The highest BCUT2D eigenvalue weighted by atomic mass is 16.5. The van der Waals surface area contributed by atoms with Gasteiger partial charge in [0.1, 0.15) is 5.58 Å². The fraction of sp³-hybridized carbons (Fsp3) is 0.0909. The summed E-state index contributed by atoms with van der Waals surface area (Å²) >= 11 is 0. The van der Waals surface area contributed by atoms with Gasteiger partial charge < -0.3 is 14.5 Å². The van der Waals surface area contributed by atoms with Crippen molar-refractivity contribution in [3.8, 4) is 0 Å². The number of ether oxygens (including phenoxy) is 1. The van der Waals surface area contributed by atoms with E-state index in [0.29, 0.717) is 23.4 Å². The lowest BCUT2D eigenvalue weighted by Gasteiger charge is -2.05. The van der Waals surface area contributed by atoms with Crippen LogP contribution in [-0.2, 0) is 4.74 Å². The molecule has 1 amide bonds. The van der Waals surface area contributed by atoms with Gasteiger partial charge in [-0.15, -0.1) is 0 Å². The minimum absolute atomic E-state index is 0.232. The van der Waals surface area contributed by atoms with Crippen LogP contribution >= 0.6 is 0 Å². The molecule has 0 aliphatic rings. The number of rotatable bonds is 4. The molecule has 5 heteroatoms. The Balaban J connectivity index is 1.58. The number of hydrogen-bond donors (Lipinski definition) is 1. The molecule has 3 aromatic carbocycles. The maximum Gasteiger partial charge on any atom is 0.338 e. The number of benzene rings is 3. The monoisotopic (exact) mass is 359 g/mol. The van der Waals surface area contributed by atoms with Crippen molar-refractivity contribution in [2.75, 3.05) is 11.9 Å². The zero-order valence-electron chi connectivity index (χ0n) is 14.7. The molecule has 0 saturated heterocycles. The van der Waals surface area contributed by atoms with Gasteiger partial charge >= 0.3 is 5.97 Å². The summed E-state index contributed by atoms with van der Waals surface area (Å²) in [5.74, 6) is -0.505. The number of nitrogens with one attached hydrogen (secondary N) is 1. The van der Waals surface area contributed by atoms with Gasteiger partial charge in [-0.2, -0.15) is 0 Å². The predicted octanol–water partition coefficient (Wildman–Crippen LogP) is 5.02. The molecule has 4 aromatic rings. The van der Waals surface area contributed by atoms with E-state index < -0.39 is 0 Å². The molecule has 0 atom stereocenters. The second-order valence-corrected chi connectivity index (χ2v) is 6.06. The third-order valence-corrected chi connectivity index (χ3v) is 4.30. The van der Waals surface area contributed by atoms with E-state index in [1.807, 2.05) is 36.4 Å². The van der Waals surface area contributed by atoms with E-state index in [4.69, 9.17) is 9.15 Å². The van der Waals surface area contributed by atoms with E-state index in [0.717, 1.165) is 16.2 Å². The summed E-state index contributed by atoms with van der Waals surface area (Å²) in [5.41, 5.74) is 1.67. The van der Waals surface area contributed by atoms with Crippen molar-refractivity contribution in [1.29, 1.82) is 0 Å². The largest absolute Gasteiger partial charge is 0.462 e. The van der Waals surface area contributed by atoms with E-state index >= 15 is 0 Å². The van der Waals surface area contributed by atoms with Crippen molar-refractivity contribution in [3.63, 3.8) is 0 Å². The molecule has 27 heavy (non-hydrogen) atoms. The van der Waals surface area contributed by atoms with Crippen LogP contribution in [0.15, 0.2) is 71.1 Å². The van der Waals surface area contributed by atoms with E-state index in [1.54, 1.807) is 37.3 Å². The maximum absolute atomic E-state index is 12.5. The number of amides is 1. The molecular formula is C22H17NO4. The second-order valence-electron chi connectivity index (χ2n) is 6.06. The van der Waals surface area contributed by atoms with Crippen molar-refractivity contribution in [3.05, 3.63) is 78.1 Å². The standard InChI is InChI=1S/C22H17NO4/c1-2-26-22(25)15-7-10-16(11-8-15)23-21(24)20-13-18-17-6-4-3-5-14(17)9-12-19(18)27-20/h3-13H,2H2,1H3,(H,23,24). The lowest BCUT2D eigenvalue weighted by molar-refractivity contribution is 0.0526. The summed E-state index contributed by atoms with van der Waals surface area (Å²) in [6, 6.07) is 20.1. The molecule has 0 radical (unpaired) electrons. The molecule has 0 fully saturated rings. The Hall–Kier alpha value is -3.60. The smallest absolute Gasteiger partial charge is 0.338 e. The molecule has 1 aromatic heterocycles. The molecule has 134 valence electrons. The quantitative estimate of drug-likeness (QED) is 0.520. The predicted molar refractivity (Wildman–Crippen MR) is 104 cm³/mol. The summed E-state index contributed by atoms with van der Waals surface area (Å²) < 4.78 is 10.7. The van der Waals surface area contributed by atoms with Gasteiger partial charge in [0, 0.05) is 11.1 Å². The van der Waals surface area contributed by atoms with E-state index in [-0.39, 0.29) is 17.6 Å². The molecule has 0 unspecified atom stereocenters. The Morgan fingerprint density at radius 3 is 2.52 bits per heavy atom. The SMILES string of the molecule is CCOC(=O)c1ccc(NC(=O)c2cc3c(ccc4ccccc43)o2)cc1. The van der Waals surface area contributed by atoms with Crippen LogP contribution in [-0.4, -0.2) is 18.5 Å². The van der Waals surface area contributed by atoms with Crippen LogP contribution in [0.2, 0.25) is 0 Å². The van der Waals surface area contributed by atoms with Crippen LogP contribution in [0, 0.1) is 0 Å². The van der Waals surface area contributed by atoms with Gasteiger partial charge in [-0.3, -0.25) is 4.79 Å². The second kappa shape index (κ2) is 6.96. The van der Waals surface area contributed by atoms with Gasteiger partial charge in [-0.25, -0.2) is 4.79 Å². The average molecular weight is 359 g/mol. The number of hydrogen-bond acceptors (Lipinski definition) is 4. The third kappa shape index (κ3) is 3.27. The van der Waals surface area contributed by atoms with Crippen molar-refractivity contribution in [2.45, 2.75) is 6.92 Å². The molecule has 0 bridgehead atoms. The van der Waals surface area contributed by atoms with Crippen LogP contribution in [0.5, 0.6) is 0 Å². The van der Waals surface area contributed by atoms with Gasteiger partial charge in [0.15, 0.2) is 5.76 Å². The first-order valence-electron chi connectivity index (χ1n) is 8.65. The first-order valence-corrected chi connectivity index (χ1v) is 8.65. The van der Waals surface area contributed by atoms with Crippen LogP contribution in [0.25, 0.3) is 21.7 Å². The van der Waals surface area contributed by atoms with Gasteiger partial charge in [0.25, 0.3) is 5.91 Å². The van der Waals surface area contributed by atoms with Crippen molar-refractivity contribution < 1.29 is 18.7 Å². The molecule has 0 spiro atoms. The van der Waals surface area contributed by atoms with Gasteiger partial charge in [-0.1, -0.05) is 30.3 Å². The highest BCUT2D eigenvalue weighted by Gasteiger charge is 2.14. The zero-order valence-corrected chi connectivity index (χ0v) is 14.7. The molecule has 0 aliphatic carbocycles. The Bertz CT molecular complexity index is 1140. The van der Waals surface area contributed by atoms with Gasteiger partial charge in [0.2, 0.25) is 0 Å². The van der Waals surface area contributed by atoms with Crippen LogP contribution < -0.4 is 5.32 Å². The van der Waals surface area contributed by atoms with Gasteiger partial charge in [-0.05, 0) is 54.1 Å². The zero-order chi connectivity index (χ0) is 18.8. The molecule has 0 saturated carbocycles. The van der Waals surface area contributed by atoms with Gasteiger partial charge in [0.05, 0.1) is 12.2 Å². The summed E-state index contributed by atoms with van der Waals surface area (Å²) in [7, 11) is 0. The minimum atomic E-state index is -0.389. The normalized spacial score (nSPS) is 10.9. The highest BCUT2D eigenvalue weighted by Crippen LogP contribution is 2.28. The number of anilines is 1. The fourth-order valence-electron chi connectivity index (χ4n) is 3.00.